The lowest BCUT2D eigenvalue weighted by Crippen LogP contribution is -2.44. The molecule has 0 spiro atoms. The van der Waals surface area contributed by atoms with Gasteiger partial charge in [0.15, 0.2) is 5.76 Å². The Balaban J connectivity index is 2.26. The molecule has 2 amide bonds. The largest absolute Gasteiger partial charge is 0.497 e. The number of methoxy groups -OCH3 is 1. The zero-order chi connectivity index (χ0) is 21.2. The molecule has 0 aliphatic heterocycles. The quantitative estimate of drug-likeness (QED) is 0.507. The number of carbonyl (C=O) groups excluding carboxylic acids is 2. The smallest absolute Gasteiger partial charge is 0.326 e. The Bertz CT molecular complexity index is 862. The van der Waals surface area contributed by atoms with E-state index in [2.05, 4.69) is 10.6 Å². The van der Waals surface area contributed by atoms with Gasteiger partial charge in [-0.2, -0.15) is 11.8 Å². The summed E-state index contributed by atoms with van der Waals surface area (Å²) in [5, 5.41) is 14.3. The first kappa shape index (κ1) is 22.1. The highest BCUT2D eigenvalue weighted by Gasteiger charge is 2.23. The molecule has 8 nitrogen and oxygen atoms in total. The molecular formula is C20H22N2O6S. The monoisotopic (exact) mass is 418 g/mol. The van der Waals surface area contributed by atoms with E-state index in [0.717, 1.165) is 0 Å². The van der Waals surface area contributed by atoms with Gasteiger partial charge in [0.1, 0.15) is 17.5 Å². The van der Waals surface area contributed by atoms with Crippen molar-refractivity contribution in [1.82, 2.24) is 10.6 Å². The molecule has 2 rings (SSSR count). The molecule has 3 N–H and O–H groups in total. The summed E-state index contributed by atoms with van der Waals surface area (Å²) in [5.41, 5.74) is 0.513. The lowest BCUT2D eigenvalue weighted by atomic mass is 10.1. The zero-order valence-electron chi connectivity index (χ0n) is 16.0. The van der Waals surface area contributed by atoms with Crippen LogP contribution in [0.3, 0.4) is 0 Å². The summed E-state index contributed by atoms with van der Waals surface area (Å²) in [4.78, 5) is 36.5. The van der Waals surface area contributed by atoms with Gasteiger partial charge in [-0.1, -0.05) is 12.1 Å². The summed E-state index contributed by atoms with van der Waals surface area (Å²) in [6.45, 7) is 0. The van der Waals surface area contributed by atoms with Crippen LogP contribution in [0.1, 0.15) is 22.5 Å². The molecule has 154 valence electrons. The van der Waals surface area contributed by atoms with Crippen LogP contribution in [0.5, 0.6) is 5.75 Å². The lowest BCUT2D eigenvalue weighted by molar-refractivity contribution is -0.141. The third-order valence-electron chi connectivity index (χ3n) is 3.88. The maximum absolute atomic E-state index is 12.7. The Morgan fingerprint density at radius 1 is 1.24 bits per heavy atom. The van der Waals surface area contributed by atoms with E-state index in [-0.39, 0.29) is 17.9 Å². The molecule has 0 saturated heterocycles. The van der Waals surface area contributed by atoms with Crippen molar-refractivity contribution in [3.8, 4) is 5.75 Å². The van der Waals surface area contributed by atoms with E-state index in [1.54, 1.807) is 30.3 Å². The van der Waals surface area contributed by atoms with Crippen LogP contribution in [0.25, 0.3) is 6.08 Å². The van der Waals surface area contributed by atoms with Gasteiger partial charge >= 0.3 is 5.97 Å². The molecule has 0 saturated carbocycles. The number of aliphatic carboxylic acids is 1. The highest BCUT2D eigenvalue weighted by atomic mass is 32.2. The Morgan fingerprint density at radius 2 is 1.97 bits per heavy atom. The predicted octanol–water partition coefficient (Wildman–Crippen LogP) is 2.38. The molecule has 1 aromatic carbocycles. The third kappa shape index (κ3) is 6.72. The van der Waals surface area contributed by atoms with Gasteiger partial charge in [0.25, 0.3) is 11.8 Å². The number of nitrogens with one attached hydrogen (secondary N) is 2. The molecule has 1 heterocycles. The second-order valence-electron chi connectivity index (χ2n) is 5.91. The summed E-state index contributed by atoms with van der Waals surface area (Å²) in [5.74, 6) is -1.26. The van der Waals surface area contributed by atoms with E-state index >= 15 is 0 Å². The van der Waals surface area contributed by atoms with Crippen molar-refractivity contribution in [2.45, 2.75) is 12.5 Å². The topological polar surface area (TPSA) is 118 Å². The number of carbonyl (C=O) groups is 3. The molecule has 0 unspecified atom stereocenters. The number of carboxylic acid groups (broad SMARTS) is 1. The first-order chi connectivity index (χ1) is 13.9. The molecule has 9 heteroatoms. The van der Waals surface area contributed by atoms with Crippen LogP contribution >= 0.6 is 11.8 Å². The van der Waals surface area contributed by atoms with E-state index < -0.39 is 23.8 Å². The number of amides is 2. The van der Waals surface area contributed by atoms with Gasteiger partial charge in [0.05, 0.1) is 13.4 Å². The molecule has 0 fully saturated rings. The highest BCUT2D eigenvalue weighted by molar-refractivity contribution is 7.98. The predicted molar refractivity (Wildman–Crippen MR) is 110 cm³/mol. The normalized spacial score (nSPS) is 12.1. The molecule has 0 bridgehead atoms. The Morgan fingerprint density at radius 3 is 2.52 bits per heavy atom. The molecule has 2 aromatic rings. The van der Waals surface area contributed by atoms with Crippen molar-refractivity contribution >= 4 is 35.6 Å². The van der Waals surface area contributed by atoms with E-state index in [1.807, 2.05) is 6.26 Å². The number of hydrogen-bond donors (Lipinski definition) is 3. The number of ether oxygens (including phenoxy) is 1. The van der Waals surface area contributed by atoms with Crippen LogP contribution < -0.4 is 15.4 Å². The van der Waals surface area contributed by atoms with Gasteiger partial charge in [-0.3, -0.25) is 9.59 Å². The highest BCUT2D eigenvalue weighted by Crippen LogP contribution is 2.14. The first-order valence-corrected chi connectivity index (χ1v) is 10.1. The molecule has 0 aliphatic carbocycles. The van der Waals surface area contributed by atoms with Crippen LogP contribution in [0.2, 0.25) is 0 Å². The molecular weight excluding hydrogens is 396 g/mol. The van der Waals surface area contributed by atoms with Crippen molar-refractivity contribution in [2.24, 2.45) is 0 Å². The molecule has 1 atom stereocenters. The Labute approximate surface area is 172 Å². The summed E-state index contributed by atoms with van der Waals surface area (Å²) < 4.78 is 10.1. The lowest BCUT2D eigenvalue weighted by Gasteiger charge is -2.16. The second-order valence-corrected chi connectivity index (χ2v) is 6.89. The van der Waals surface area contributed by atoms with E-state index in [1.165, 1.54) is 37.3 Å². The number of benzene rings is 1. The Hall–Kier alpha value is -3.20. The van der Waals surface area contributed by atoms with Crippen molar-refractivity contribution in [1.29, 1.82) is 0 Å². The third-order valence-corrected chi connectivity index (χ3v) is 4.52. The fourth-order valence-corrected chi connectivity index (χ4v) is 2.82. The summed E-state index contributed by atoms with van der Waals surface area (Å²) in [7, 11) is 1.54. The number of hydrogen-bond acceptors (Lipinski definition) is 6. The van der Waals surface area contributed by atoms with Crippen molar-refractivity contribution in [2.75, 3.05) is 19.1 Å². The van der Waals surface area contributed by atoms with Gasteiger partial charge in [-0.05, 0) is 54.3 Å². The number of rotatable bonds is 10. The van der Waals surface area contributed by atoms with Gasteiger partial charge in [-0.25, -0.2) is 4.79 Å². The maximum atomic E-state index is 12.7. The van der Waals surface area contributed by atoms with Crippen LogP contribution in [-0.2, 0) is 9.59 Å². The fraction of sp³-hybridized carbons (Fsp3) is 0.250. The molecule has 29 heavy (non-hydrogen) atoms. The van der Waals surface area contributed by atoms with Gasteiger partial charge in [0, 0.05) is 0 Å². The average molecular weight is 418 g/mol. The number of thioether (sulfide) groups is 1. The summed E-state index contributed by atoms with van der Waals surface area (Å²) >= 11 is 1.47. The Kier molecular flexibility index (Phi) is 8.35. The number of furan rings is 1. The number of carboxylic acids is 1. The van der Waals surface area contributed by atoms with Crippen molar-refractivity contribution < 1.29 is 28.6 Å². The minimum absolute atomic E-state index is 0.0237. The van der Waals surface area contributed by atoms with Gasteiger partial charge in [-0.15, -0.1) is 0 Å². The van der Waals surface area contributed by atoms with Gasteiger partial charge < -0.3 is 24.9 Å². The van der Waals surface area contributed by atoms with Crippen molar-refractivity contribution in [3.05, 3.63) is 59.7 Å². The standard InChI is InChI=1S/C20H22N2O6S/c1-27-14-7-5-13(6-8-14)12-16(22-19(24)17-4-3-10-28-17)18(23)21-15(20(25)26)9-11-29-2/h3-8,10,12,15H,9,11H2,1-2H3,(H,21,23)(H,22,24)(H,25,26)/b16-12-/t15-/m0/s1. The SMILES string of the molecule is COc1ccc(/C=C(\NC(=O)c2ccco2)C(=O)N[C@@H](CCSC)C(=O)O)cc1. The minimum Gasteiger partial charge on any atom is -0.497 e. The van der Waals surface area contributed by atoms with Crippen LogP contribution in [0, 0.1) is 0 Å². The van der Waals surface area contributed by atoms with Crippen LogP contribution in [0.4, 0.5) is 0 Å². The van der Waals surface area contributed by atoms with E-state index in [0.29, 0.717) is 17.1 Å². The minimum atomic E-state index is -1.14. The summed E-state index contributed by atoms with van der Waals surface area (Å²) in [6, 6.07) is 8.74. The van der Waals surface area contributed by atoms with Crippen LogP contribution in [-0.4, -0.2) is 48.1 Å². The molecule has 0 radical (unpaired) electrons. The summed E-state index contributed by atoms with van der Waals surface area (Å²) in [6.07, 6.45) is 4.89. The van der Waals surface area contributed by atoms with E-state index in [4.69, 9.17) is 9.15 Å². The molecule has 1 aromatic heterocycles. The van der Waals surface area contributed by atoms with E-state index in [9.17, 15) is 19.5 Å². The van der Waals surface area contributed by atoms with Crippen LogP contribution in [0.15, 0.2) is 52.8 Å². The fourth-order valence-electron chi connectivity index (χ4n) is 2.35. The van der Waals surface area contributed by atoms with Crippen molar-refractivity contribution in [3.63, 3.8) is 0 Å². The maximum Gasteiger partial charge on any atom is 0.326 e. The van der Waals surface area contributed by atoms with Gasteiger partial charge in [0.2, 0.25) is 0 Å². The average Bonchev–Trinajstić information content (AvgIpc) is 3.25. The first-order valence-electron chi connectivity index (χ1n) is 8.67. The zero-order valence-corrected chi connectivity index (χ0v) is 16.8. The molecule has 0 aliphatic rings. The second kappa shape index (κ2) is 11.0.